The number of amides is 1. The van der Waals surface area contributed by atoms with E-state index in [-0.39, 0.29) is 18.6 Å². The number of esters is 1. The minimum absolute atomic E-state index is 0.156. The smallest absolute Gasteiger partial charge is 0.322 e. The van der Waals surface area contributed by atoms with Gasteiger partial charge in [0.1, 0.15) is 0 Å². The fourth-order valence-corrected chi connectivity index (χ4v) is 5.16. The average molecular weight is 357 g/mol. The first kappa shape index (κ1) is 17.3. The number of nitrogens with zero attached hydrogens (tertiary/aromatic N) is 2. The Labute approximate surface area is 154 Å². The van der Waals surface area contributed by atoms with Gasteiger partial charge in [0.25, 0.3) is 5.91 Å². The molecule has 0 spiro atoms. The highest BCUT2D eigenvalue weighted by Gasteiger charge is 2.74. The predicted molar refractivity (Wildman–Crippen MR) is 98.7 cm³/mol. The van der Waals surface area contributed by atoms with Crippen molar-refractivity contribution in [2.24, 2.45) is 5.73 Å². The maximum absolute atomic E-state index is 13.6. The first-order chi connectivity index (χ1) is 12.5. The molecule has 2 fully saturated rings. The van der Waals surface area contributed by atoms with E-state index in [0.717, 1.165) is 36.9 Å². The molecular formula is C20H27N3O3. The Kier molecular flexibility index (Phi) is 3.99. The quantitative estimate of drug-likeness (QED) is 0.835. The number of hydrogen-bond acceptors (Lipinski definition) is 5. The van der Waals surface area contributed by atoms with Crippen LogP contribution in [0, 0.1) is 0 Å². The number of nitrogens with two attached hydrogens (primary N) is 1. The van der Waals surface area contributed by atoms with Crippen LogP contribution in [0.1, 0.15) is 44.6 Å². The van der Waals surface area contributed by atoms with E-state index in [1.165, 1.54) is 6.42 Å². The van der Waals surface area contributed by atoms with Gasteiger partial charge in [-0.1, -0.05) is 37.5 Å². The molecule has 26 heavy (non-hydrogen) atoms. The lowest BCUT2D eigenvalue weighted by Gasteiger charge is -2.37. The Bertz CT molecular complexity index is 746. The molecule has 0 aromatic heterocycles. The number of carbonyl (C=O) groups excluding carboxylic acids is 2. The van der Waals surface area contributed by atoms with Crippen LogP contribution in [0.5, 0.6) is 0 Å². The van der Waals surface area contributed by atoms with Crippen LogP contribution in [0.15, 0.2) is 24.3 Å². The van der Waals surface area contributed by atoms with Crippen molar-refractivity contribution in [2.45, 2.75) is 56.1 Å². The fraction of sp³-hybridized carbons (Fsp3) is 0.600. The lowest BCUT2D eigenvalue weighted by atomic mass is 9.74. The van der Waals surface area contributed by atoms with E-state index >= 15 is 0 Å². The summed E-state index contributed by atoms with van der Waals surface area (Å²) in [6, 6.07) is 7.79. The molecule has 2 N–H and O–H groups in total. The highest BCUT2D eigenvalue weighted by molar-refractivity contribution is 6.07. The minimum atomic E-state index is -1.43. The lowest BCUT2D eigenvalue weighted by molar-refractivity contribution is -0.152. The molecule has 6 heteroatoms. The van der Waals surface area contributed by atoms with E-state index in [4.69, 9.17) is 10.5 Å². The molecule has 2 aliphatic heterocycles. The number of likely N-dealkylation sites (tertiary alicyclic amines) is 1. The third-order valence-electron chi connectivity index (χ3n) is 6.54. The average Bonchev–Trinajstić information content (AvgIpc) is 3.02. The molecule has 0 unspecified atom stereocenters. The van der Waals surface area contributed by atoms with Crippen LogP contribution in [0.4, 0.5) is 5.69 Å². The van der Waals surface area contributed by atoms with Crippen LogP contribution in [0.25, 0.3) is 0 Å². The third kappa shape index (κ3) is 1.96. The lowest BCUT2D eigenvalue weighted by Crippen LogP contribution is -2.68. The summed E-state index contributed by atoms with van der Waals surface area (Å²) in [6.07, 6.45) is 5.39. The van der Waals surface area contributed by atoms with Crippen molar-refractivity contribution in [3.05, 3.63) is 29.8 Å². The molecule has 4 rings (SSSR count). The second-order valence-electron chi connectivity index (χ2n) is 7.69. The number of fused-ring (bicyclic) bond motifs is 3. The first-order valence-electron chi connectivity index (χ1n) is 9.59. The van der Waals surface area contributed by atoms with E-state index < -0.39 is 17.0 Å². The summed E-state index contributed by atoms with van der Waals surface area (Å²) < 4.78 is 5.46. The molecule has 1 saturated heterocycles. The minimum Gasteiger partial charge on any atom is -0.465 e. The van der Waals surface area contributed by atoms with E-state index in [0.29, 0.717) is 6.54 Å². The van der Waals surface area contributed by atoms with E-state index in [1.54, 1.807) is 11.8 Å². The van der Waals surface area contributed by atoms with Crippen molar-refractivity contribution in [3.8, 4) is 0 Å². The largest absolute Gasteiger partial charge is 0.465 e. The maximum atomic E-state index is 13.6. The zero-order chi connectivity index (χ0) is 18.5. The molecule has 2 atom stereocenters. The van der Waals surface area contributed by atoms with E-state index in [2.05, 4.69) is 0 Å². The van der Waals surface area contributed by atoms with Gasteiger partial charge in [0.15, 0.2) is 11.1 Å². The van der Waals surface area contributed by atoms with E-state index in [1.807, 2.05) is 36.2 Å². The Balaban J connectivity index is 1.86. The van der Waals surface area contributed by atoms with Gasteiger partial charge in [-0.25, -0.2) is 0 Å². The topological polar surface area (TPSA) is 75.9 Å². The summed E-state index contributed by atoms with van der Waals surface area (Å²) in [6.45, 7) is 2.35. The zero-order valence-electron chi connectivity index (χ0n) is 15.5. The van der Waals surface area contributed by atoms with Crippen molar-refractivity contribution in [1.29, 1.82) is 0 Å². The predicted octanol–water partition coefficient (Wildman–Crippen LogP) is 1.77. The summed E-state index contributed by atoms with van der Waals surface area (Å²) in [5.41, 5.74) is 5.83. The summed E-state index contributed by atoms with van der Waals surface area (Å²) in [7, 11) is 1.81. The van der Waals surface area contributed by atoms with Crippen molar-refractivity contribution in [2.75, 3.05) is 25.1 Å². The van der Waals surface area contributed by atoms with Gasteiger partial charge in [0.05, 0.1) is 6.61 Å². The third-order valence-corrected chi connectivity index (χ3v) is 6.54. The monoisotopic (exact) mass is 357 g/mol. The van der Waals surface area contributed by atoms with Gasteiger partial charge in [-0.15, -0.1) is 0 Å². The molecule has 140 valence electrons. The van der Waals surface area contributed by atoms with Crippen LogP contribution in [0.2, 0.25) is 0 Å². The van der Waals surface area contributed by atoms with Gasteiger partial charge in [-0.3, -0.25) is 15.3 Å². The van der Waals surface area contributed by atoms with Crippen LogP contribution < -0.4 is 10.6 Å². The Morgan fingerprint density at radius 1 is 1.27 bits per heavy atom. The first-order valence-corrected chi connectivity index (χ1v) is 9.59. The van der Waals surface area contributed by atoms with Gasteiger partial charge < -0.3 is 14.5 Å². The molecule has 3 aliphatic rings. The second kappa shape index (κ2) is 5.98. The number of ether oxygens (including phenoxy) is 1. The molecule has 0 bridgehead atoms. The van der Waals surface area contributed by atoms with Gasteiger partial charge in [-0.05, 0) is 31.4 Å². The van der Waals surface area contributed by atoms with Crippen LogP contribution in [0.3, 0.4) is 0 Å². The highest BCUT2D eigenvalue weighted by atomic mass is 16.5. The summed E-state index contributed by atoms with van der Waals surface area (Å²) >= 11 is 0. The fourth-order valence-electron chi connectivity index (χ4n) is 5.16. The van der Waals surface area contributed by atoms with Crippen molar-refractivity contribution < 1.29 is 14.3 Å². The second-order valence-corrected chi connectivity index (χ2v) is 7.69. The zero-order valence-corrected chi connectivity index (χ0v) is 15.5. The highest BCUT2D eigenvalue weighted by Crippen LogP contribution is 2.54. The molecule has 1 aliphatic carbocycles. The molecule has 1 saturated carbocycles. The van der Waals surface area contributed by atoms with Gasteiger partial charge in [-0.2, -0.15) is 0 Å². The Morgan fingerprint density at radius 3 is 2.65 bits per heavy atom. The molecule has 1 aromatic carbocycles. The number of rotatable bonds is 3. The van der Waals surface area contributed by atoms with Gasteiger partial charge in [0.2, 0.25) is 0 Å². The van der Waals surface area contributed by atoms with Crippen molar-refractivity contribution >= 4 is 17.6 Å². The van der Waals surface area contributed by atoms with Crippen molar-refractivity contribution in [1.82, 2.24) is 4.90 Å². The molecule has 0 radical (unpaired) electrons. The Morgan fingerprint density at radius 2 is 1.96 bits per heavy atom. The van der Waals surface area contributed by atoms with Crippen LogP contribution in [-0.2, 0) is 19.7 Å². The van der Waals surface area contributed by atoms with Gasteiger partial charge >= 0.3 is 5.97 Å². The van der Waals surface area contributed by atoms with Gasteiger partial charge in [0, 0.05) is 25.3 Å². The van der Waals surface area contributed by atoms with Crippen LogP contribution in [-0.4, -0.2) is 48.7 Å². The number of hydrogen-bond donors (Lipinski definition) is 1. The standard InChI is InChI=1S/C20H27N3O3/c1-3-26-18(25)19-13-23(14-9-5-4-6-10-14)17(24)20(19,21)22(2)16-12-8-7-11-15(16)19/h7-8,11-12,14H,3-6,9-10,13,21H2,1-2H3/t19-,20-/m0/s1. The Hall–Kier alpha value is -2.08. The number of para-hydroxylation sites is 1. The number of anilines is 1. The maximum Gasteiger partial charge on any atom is 0.322 e. The molecule has 1 aromatic rings. The summed E-state index contributed by atoms with van der Waals surface area (Å²) in [5, 5.41) is 0. The number of benzene rings is 1. The van der Waals surface area contributed by atoms with E-state index in [9.17, 15) is 9.59 Å². The number of likely N-dealkylation sites (N-methyl/N-ethyl adjacent to an activating group) is 1. The summed E-state index contributed by atoms with van der Waals surface area (Å²) in [4.78, 5) is 30.4. The summed E-state index contributed by atoms with van der Waals surface area (Å²) in [5.74, 6) is -0.554. The molecule has 6 nitrogen and oxygen atoms in total. The molecule has 2 heterocycles. The molecular weight excluding hydrogens is 330 g/mol. The number of carbonyl (C=O) groups is 2. The van der Waals surface area contributed by atoms with Crippen LogP contribution >= 0.6 is 0 Å². The van der Waals surface area contributed by atoms with Crippen molar-refractivity contribution in [3.63, 3.8) is 0 Å². The molecule has 1 amide bonds. The normalized spacial score (nSPS) is 31.1. The SMILES string of the molecule is CCOC(=O)[C@@]12CN(C3CCCCC3)C(=O)[C@]1(N)N(C)c1ccccc12.